The fourth-order valence-electron chi connectivity index (χ4n) is 2.37. The summed E-state index contributed by atoms with van der Waals surface area (Å²) >= 11 is 0. The molecule has 0 bridgehead atoms. The maximum Gasteiger partial charge on any atom is 0.330 e. The molecule has 28 heavy (non-hydrogen) atoms. The van der Waals surface area contributed by atoms with Gasteiger partial charge in [-0.05, 0) is 42.8 Å². The van der Waals surface area contributed by atoms with E-state index in [4.69, 9.17) is 9.47 Å². The van der Waals surface area contributed by atoms with E-state index in [9.17, 15) is 14.4 Å². The maximum absolute atomic E-state index is 12.2. The van der Waals surface area contributed by atoms with Crippen molar-refractivity contribution >= 4 is 29.4 Å². The first kappa shape index (κ1) is 20.7. The van der Waals surface area contributed by atoms with Crippen molar-refractivity contribution < 1.29 is 28.6 Å². The van der Waals surface area contributed by atoms with Gasteiger partial charge in [-0.3, -0.25) is 9.59 Å². The van der Waals surface area contributed by atoms with Crippen LogP contribution in [0.4, 0.5) is 5.69 Å². The highest BCUT2D eigenvalue weighted by atomic mass is 16.5. The Morgan fingerprint density at radius 2 is 1.79 bits per heavy atom. The number of para-hydroxylation sites is 1. The lowest BCUT2D eigenvalue weighted by Crippen LogP contribution is -2.21. The Labute approximate surface area is 162 Å². The van der Waals surface area contributed by atoms with Crippen LogP contribution in [0.25, 0.3) is 6.08 Å². The Morgan fingerprint density at radius 1 is 1.04 bits per heavy atom. The average Bonchev–Trinajstić information content (AvgIpc) is 2.70. The smallest absolute Gasteiger partial charge is 0.330 e. The van der Waals surface area contributed by atoms with Crippen molar-refractivity contribution in [2.24, 2.45) is 0 Å². The van der Waals surface area contributed by atoms with Gasteiger partial charge in [0, 0.05) is 11.6 Å². The first-order valence-corrected chi connectivity index (χ1v) is 8.41. The van der Waals surface area contributed by atoms with Gasteiger partial charge in [0.2, 0.25) is 0 Å². The van der Waals surface area contributed by atoms with Crippen molar-refractivity contribution in [3.8, 4) is 11.5 Å². The zero-order valence-electron chi connectivity index (χ0n) is 15.9. The number of benzene rings is 2. The predicted octanol–water partition coefficient (Wildman–Crippen LogP) is 3.10. The van der Waals surface area contributed by atoms with E-state index in [1.54, 1.807) is 48.5 Å². The number of ether oxygens (including phenoxy) is 3. The van der Waals surface area contributed by atoms with E-state index in [0.717, 1.165) is 0 Å². The number of rotatable bonds is 8. The number of anilines is 1. The van der Waals surface area contributed by atoms with Crippen molar-refractivity contribution in [2.45, 2.75) is 6.92 Å². The molecule has 1 N–H and O–H groups in total. The van der Waals surface area contributed by atoms with Crippen LogP contribution in [0.15, 0.2) is 48.5 Å². The molecule has 0 aromatic heterocycles. The van der Waals surface area contributed by atoms with E-state index in [2.05, 4.69) is 10.1 Å². The number of hydrogen-bond acceptors (Lipinski definition) is 6. The Bertz CT molecular complexity index is 904. The minimum absolute atomic E-state index is 0.144. The van der Waals surface area contributed by atoms with Crippen molar-refractivity contribution in [1.29, 1.82) is 0 Å². The fraction of sp³-hybridized carbons (Fsp3) is 0.190. The van der Waals surface area contributed by atoms with Gasteiger partial charge in [0.25, 0.3) is 5.91 Å². The van der Waals surface area contributed by atoms with E-state index >= 15 is 0 Å². The molecule has 2 aromatic carbocycles. The van der Waals surface area contributed by atoms with Crippen molar-refractivity contribution in [1.82, 2.24) is 0 Å². The Balaban J connectivity index is 2.04. The number of methoxy groups -OCH3 is 2. The molecule has 0 saturated carbocycles. The molecule has 0 spiro atoms. The summed E-state index contributed by atoms with van der Waals surface area (Å²) in [6.07, 6.45) is 2.86. The van der Waals surface area contributed by atoms with Crippen molar-refractivity contribution in [2.75, 3.05) is 26.1 Å². The first-order chi connectivity index (χ1) is 13.4. The van der Waals surface area contributed by atoms with Crippen LogP contribution in [0.2, 0.25) is 0 Å². The van der Waals surface area contributed by atoms with Crippen LogP contribution in [-0.2, 0) is 14.3 Å². The molecule has 0 radical (unpaired) electrons. The standard InChI is InChI=1S/C21H21NO6/c1-14(23)16-6-4-5-7-17(16)22-20(24)13-28-18-10-8-15(12-19(18)26-2)9-11-21(25)27-3/h4-12H,13H2,1-3H3,(H,22,24)/b11-9+. The van der Waals surface area contributed by atoms with Crippen LogP contribution >= 0.6 is 0 Å². The summed E-state index contributed by atoms with van der Waals surface area (Å²) in [4.78, 5) is 35.0. The summed E-state index contributed by atoms with van der Waals surface area (Å²) in [5.41, 5.74) is 1.56. The molecule has 0 atom stereocenters. The van der Waals surface area contributed by atoms with Gasteiger partial charge in [0.05, 0.1) is 19.9 Å². The third kappa shape index (κ3) is 5.70. The molecular formula is C21H21NO6. The van der Waals surface area contributed by atoms with Crippen LogP contribution in [0.5, 0.6) is 11.5 Å². The highest BCUT2D eigenvalue weighted by molar-refractivity contribution is 6.03. The second-order valence-corrected chi connectivity index (χ2v) is 5.71. The SMILES string of the molecule is COC(=O)/C=C/c1ccc(OCC(=O)Nc2ccccc2C(C)=O)c(OC)c1. The number of carbonyl (C=O) groups excluding carboxylic acids is 3. The van der Waals surface area contributed by atoms with Crippen LogP contribution in [0.1, 0.15) is 22.8 Å². The predicted molar refractivity (Wildman–Crippen MR) is 105 cm³/mol. The third-order valence-electron chi connectivity index (χ3n) is 3.74. The molecule has 0 aliphatic carbocycles. The van der Waals surface area contributed by atoms with Crippen LogP contribution in [0.3, 0.4) is 0 Å². The normalized spacial score (nSPS) is 10.4. The summed E-state index contributed by atoms with van der Waals surface area (Å²) in [6.45, 7) is 1.17. The molecule has 0 saturated heterocycles. The summed E-state index contributed by atoms with van der Waals surface area (Å²) in [5, 5.41) is 2.66. The lowest BCUT2D eigenvalue weighted by Gasteiger charge is -2.12. The highest BCUT2D eigenvalue weighted by Crippen LogP contribution is 2.28. The van der Waals surface area contributed by atoms with E-state index in [1.807, 2.05) is 0 Å². The molecule has 2 aromatic rings. The van der Waals surface area contributed by atoms with E-state index in [-0.39, 0.29) is 12.4 Å². The lowest BCUT2D eigenvalue weighted by molar-refractivity contribution is -0.134. The first-order valence-electron chi connectivity index (χ1n) is 8.41. The van der Waals surface area contributed by atoms with Gasteiger partial charge in [0.15, 0.2) is 23.9 Å². The molecule has 0 heterocycles. The minimum atomic E-state index is -0.471. The number of Topliss-reactive ketones (excluding diaryl/α,β-unsaturated/α-hetero) is 1. The Kier molecular flexibility index (Phi) is 7.33. The van der Waals surface area contributed by atoms with E-state index in [1.165, 1.54) is 27.2 Å². The molecule has 7 nitrogen and oxygen atoms in total. The van der Waals surface area contributed by atoms with Crippen LogP contribution < -0.4 is 14.8 Å². The van der Waals surface area contributed by atoms with E-state index < -0.39 is 11.9 Å². The van der Waals surface area contributed by atoms with Crippen molar-refractivity contribution in [3.63, 3.8) is 0 Å². The van der Waals surface area contributed by atoms with Gasteiger partial charge < -0.3 is 19.5 Å². The second kappa shape index (κ2) is 9.91. The van der Waals surface area contributed by atoms with Crippen LogP contribution in [0, 0.1) is 0 Å². The lowest BCUT2D eigenvalue weighted by atomic mass is 10.1. The van der Waals surface area contributed by atoms with Crippen molar-refractivity contribution in [3.05, 3.63) is 59.7 Å². The summed E-state index contributed by atoms with van der Waals surface area (Å²) in [6, 6.07) is 11.8. The van der Waals surface area contributed by atoms with Gasteiger partial charge in [-0.2, -0.15) is 0 Å². The number of amides is 1. The zero-order chi connectivity index (χ0) is 20.5. The molecule has 0 aliphatic heterocycles. The Morgan fingerprint density at radius 3 is 2.46 bits per heavy atom. The maximum atomic E-state index is 12.2. The fourth-order valence-corrected chi connectivity index (χ4v) is 2.37. The largest absolute Gasteiger partial charge is 0.493 e. The van der Waals surface area contributed by atoms with Gasteiger partial charge in [0.1, 0.15) is 0 Å². The molecule has 1 amide bonds. The van der Waals surface area contributed by atoms with Gasteiger partial charge in [-0.15, -0.1) is 0 Å². The minimum Gasteiger partial charge on any atom is -0.493 e. The monoisotopic (exact) mass is 383 g/mol. The molecule has 0 fully saturated rings. The number of esters is 1. The Hall–Kier alpha value is -3.61. The van der Waals surface area contributed by atoms with Crippen LogP contribution in [-0.4, -0.2) is 38.5 Å². The number of nitrogens with one attached hydrogen (secondary N) is 1. The molecule has 0 aliphatic rings. The third-order valence-corrected chi connectivity index (χ3v) is 3.74. The molecule has 2 rings (SSSR count). The van der Waals surface area contributed by atoms with Gasteiger partial charge in [-0.25, -0.2) is 4.79 Å². The molecule has 146 valence electrons. The topological polar surface area (TPSA) is 90.9 Å². The van der Waals surface area contributed by atoms with Gasteiger partial charge >= 0.3 is 5.97 Å². The molecule has 7 heteroatoms. The summed E-state index contributed by atoms with van der Waals surface area (Å²) in [7, 11) is 2.77. The van der Waals surface area contributed by atoms with Gasteiger partial charge in [-0.1, -0.05) is 18.2 Å². The van der Waals surface area contributed by atoms with E-state index in [0.29, 0.717) is 28.3 Å². The summed E-state index contributed by atoms with van der Waals surface area (Å²) < 4.78 is 15.3. The number of ketones is 1. The number of carbonyl (C=O) groups is 3. The second-order valence-electron chi connectivity index (χ2n) is 5.71. The quantitative estimate of drug-likeness (QED) is 0.428. The molecule has 0 unspecified atom stereocenters. The number of hydrogen-bond donors (Lipinski definition) is 1. The highest BCUT2D eigenvalue weighted by Gasteiger charge is 2.12. The average molecular weight is 383 g/mol. The zero-order valence-corrected chi connectivity index (χ0v) is 15.9. The molecular weight excluding hydrogens is 362 g/mol. The summed E-state index contributed by atoms with van der Waals surface area (Å²) in [5.74, 6) is -0.252.